The predicted octanol–water partition coefficient (Wildman–Crippen LogP) is 2.40. The van der Waals surface area contributed by atoms with E-state index in [0.717, 1.165) is 6.42 Å². The van der Waals surface area contributed by atoms with E-state index in [-0.39, 0.29) is 18.3 Å². The molecule has 2 atom stereocenters. The molecule has 2 unspecified atom stereocenters. The summed E-state index contributed by atoms with van der Waals surface area (Å²) < 4.78 is 13.2. The lowest BCUT2D eigenvalue weighted by Crippen LogP contribution is -2.36. The number of carboxylic acids is 1. The van der Waals surface area contributed by atoms with Crippen LogP contribution in [0.4, 0.5) is 4.39 Å². The minimum Gasteiger partial charge on any atom is -0.481 e. The molecule has 0 saturated heterocycles. The van der Waals surface area contributed by atoms with Crippen LogP contribution in [0.1, 0.15) is 43.4 Å². The fourth-order valence-corrected chi connectivity index (χ4v) is 2.06. The maximum absolute atomic E-state index is 13.2. The summed E-state index contributed by atoms with van der Waals surface area (Å²) in [7, 11) is 0. The van der Waals surface area contributed by atoms with Crippen LogP contribution in [-0.4, -0.2) is 28.8 Å². The zero-order valence-electron chi connectivity index (χ0n) is 11.9. The Morgan fingerprint density at radius 1 is 1.45 bits per heavy atom. The molecule has 0 fully saturated rings. The number of aliphatic carboxylic acids is 1. The van der Waals surface area contributed by atoms with E-state index in [9.17, 15) is 14.3 Å². The summed E-state index contributed by atoms with van der Waals surface area (Å²) in [5.41, 5.74) is 1.07. The molecule has 0 heterocycles. The summed E-state index contributed by atoms with van der Waals surface area (Å²) in [4.78, 5) is 10.7. The Kier molecular flexibility index (Phi) is 6.61. The minimum atomic E-state index is -0.893. The molecule has 1 aromatic carbocycles. The first-order valence-corrected chi connectivity index (χ1v) is 6.85. The third-order valence-electron chi connectivity index (χ3n) is 3.23. The van der Waals surface area contributed by atoms with Crippen molar-refractivity contribution in [2.45, 2.75) is 45.3 Å². The van der Waals surface area contributed by atoms with Crippen LogP contribution in [0.5, 0.6) is 0 Å². The molecule has 3 N–H and O–H groups in total. The molecule has 1 rings (SSSR count). The number of rotatable bonds is 8. The van der Waals surface area contributed by atoms with E-state index in [0.29, 0.717) is 24.1 Å². The van der Waals surface area contributed by atoms with E-state index in [1.54, 1.807) is 13.0 Å². The normalized spacial score (nSPS) is 14.0. The van der Waals surface area contributed by atoms with Crippen molar-refractivity contribution in [3.63, 3.8) is 0 Å². The Labute approximate surface area is 118 Å². The molecule has 0 aliphatic rings. The number of aliphatic hydroxyl groups excluding tert-OH is 1. The number of carbonyl (C=O) groups is 1. The van der Waals surface area contributed by atoms with Crippen molar-refractivity contribution in [3.05, 3.63) is 35.1 Å². The topological polar surface area (TPSA) is 69.6 Å². The molecule has 1 aromatic rings. The molecule has 0 spiro atoms. The van der Waals surface area contributed by atoms with Gasteiger partial charge in [0, 0.05) is 12.5 Å². The van der Waals surface area contributed by atoms with E-state index >= 15 is 0 Å². The van der Waals surface area contributed by atoms with E-state index in [1.807, 2.05) is 6.92 Å². The lowest BCUT2D eigenvalue weighted by atomic mass is 9.97. The highest BCUT2D eigenvalue weighted by molar-refractivity contribution is 5.66. The van der Waals surface area contributed by atoms with Crippen molar-refractivity contribution < 1.29 is 19.4 Å². The molecule has 5 heteroatoms. The highest BCUT2D eigenvalue weighted by atomic mass is 19.1. The van der Waals surface area contributed by atoms with Crippen LogP contribution < -0.4 is 5.32 Å². The van der Waals surface area contributed by atoms with Crippen molar-refractivity contribution >= 4 is 5.97 Å². The Morgan fingerprint density at radius 3 is 2.70 bits per heavy atom. The Balaban J connectivity index is 2.81. The highest BCUT2D eigenvalue weighted by Gasteiger charge is 2.21. The maximum atomic E-state index is 13.2. The summed E-state index contributed by atoms with van der Waals surface area (Å²) >= 11 is 0. The van der Waals surface area contributed by atoms with Crippen LogP contribution in [0.15, 0.2) is 18.2 Å². The van der Waals surface area contributed by atoms with Gasteiger partial charge in [0.1, 0.15) is 5.82 Å². The van der Waals surface area contributed by atoms with E-state index < -0.39 is 12.1 Å². The lowest BCUT2D eigenvalue weighted by molar-refractivity contribution is -0.137. The van der Waals surface area contributed by atoms with E-state index in [4.69, 9.17) is 5.11 Å². The van der Waals surface area contributed by atoms with Gasteiger partial charge in [-0.1, -0.05) is 19.1 Å². The number of nitrogens with one attached hydrogen (secondary N) is 1. The molecule has 112 valence electrons. The van der Waals surface area contributed by atoms with Crippen molar-refractivity contribution in [3.8, 4) is 0 Å². The van der Waals surface area contributed by atoms with E-state index in [1.165, 1.54) is 12.1 Å². The zero-order valence-corrected chi connectivity index (χ0v) is 11.9. The van der Waals surface area contributed by atoms with Gasteiger partial charge in [0.15, 0.2) is 0 Å². The number of hydrogen-bond donors (Lipinski definition) is 3. The van der Waals surface area contributed by atoms with Crippen molar-refractivity contribution in [1.82, 2.24) is 5.32 Å². The fraction of sp³-hybridized carbons (Fsp3) is 0.533. The largest absolute Gasteiger partial charge is 0.481 e. The van der Waals surface area contributed by atoms with Gasteiger partial charge >= 0.3 is 5.97 Å². The smallest absolute Gasteiger partial charge is 0.303 e. The third-order valence-corrected chi connectivity index (χ3v) is 3.23. The third kappa shape index (κ3) is 4.90. The van der Waals surface area contributed by atoms with E-state index in [2.05, 4.69) is 5.32 Å². The second-order valence-electron chi connectivity index (χ2n) is 4.95. The van der Waals surface area contributed by atoms with Gasteiger partial charge in [-0.3, -0.25) is 4.79 Å². The van der Waals surface area contributed by atoms with Crippen LogP contribution in [0, 0.1) is 12.7 Å². The molecule has 0 bridgehead atoms. The summed E-state index contributed by atoms with van der Waals surface area (Å²) in [6.07, 6.45) is 0.352. The number of halogens is 1. The van der Waals surface area contributed by atoms with Gasteiger partial charge in [0.25, 0.3) is 0 Å². The first-order valence-electron chi connectivity index (χ1n) is 6.85. The minimum absolute atomic E-state index is 0.0153. The van der Waals surface area contributed by atoms with Gasteiger partial charge < -0.3 is 15.5 Å². The molecular weight excluding hydrogens is 261 g/mol. The van der Waals surface area contributed by atoms with Crippen LogP contribution in [0.3, 0.4) is 0 Å². The molecule has 4 nitrogen and oxygen atoms in total. The number of benzene rings is 1. The maximum Gasteiger partial charge on any atom is 0.303 e. The van der Waals surface area contributed by atoms with Gasteiger partial charge in [0.05, 0.1) is 6.10 Å². The molecule has 0 saturated carbocycles. The van der Waals surface area contributed by atoms with Crippen LogP contribution >= 0.6 is 0 Å². The quantitative estimate of drug-likeness (QED) is 0.685. The lowest BCUT2D eigenvalue weighted by Gasteiger charge is -2.24. The second kappa shape index (κ2) is 7.97. The summed E-state index contributed by atoms with van der Waals surface area (Å²) in [5.74, 6) is -1.21. The van der Waals surface area contributed by atoms with Crippen molar-refractivity contribution in [2.75, 3.05) is 6.54 Å². The number of hydrogen-bond acceptors (Lipinski definition) is 3. The van der Waals surface area contributed by atoms with Crippen LogP contribution in [0.25, 0.3) is 0 Å². The number of carboxylic acid groups (broad SMARTS) is 1. The Morgan fingerprint density at radius 2 is 2.15 bits per heavy atom. The van der Waals surface area contributed by atoms with Gasteiger partial charge in [-0.05, 0) is 43.5 Å². The average Bonchev–Trinajstić information content (AvgIpc) is 2.41. The summed E-state index contributed by atoms with van der Waals surface area (Å²) in [5, 5.41) is 22.3. The molecule has 0 aromatic heterocycles. The first kappa shape index (κ1) is 16.6. The monoisotopic (exact) mass is 283 g/mol. The SMILES string of the molecule is CCCNC(CCC(=O)O)C(O)c1ccc(F)c(C)c1. The molecule has 0 radical (unpaired) electrons. The fourth-order valence-electron chi connectivity index (χ4n) is 2.06. The molecule has 20 heavy (non-hydrogen) atoms. The van der Waals surface area contributed by atoms with Crippen LogP contribution in [-0.2, 0) is 4.79 Å². The number of aliphatic hydroxyl groups is 1. The second-order valence-corrected chi connectivity index (χ2v) is 4.95. The first-order chi connectivity index (χ1) is 9.45. The molecule has 0 aliphatic heterocycles. The highest BCUT2D eigenvalue weighted by Crippen LogP contribution is 2.22. The van der Waals surface area contributed by atoms with Crippen molar-refractivity contribution in [2.24, 2.45) is 0 Å². The van der Waals surface area contributed by atoms with Gasteiger partial charge in [-0.25, -0.2) is 4.39 Å². The van der Waals surface area contributed by atoms with Gasteiger partial charge in [-0.2, -0.15) is 0 Å². The molecule has 0 amide bonds. The number of aryl methyl sites for hydroxylation is 1. The van der Waals surface area contributed by atoms with Crippen molar-refractivity contribution in [1.29, 1.82) is 0 Å². The summed E-state index contributed by atoms with van der Waals surface area (Å²) in [6.45, 7) is 4.33. The summed E-state index contributed by atoms with van der Waals surface area (Å²) in [6, 6.07) is 4.11. The molecule has 0 aliphatic carbocycles. The van der Waals surface area contributed by atoms with Gasteiger partial charge in [0.2, 0.25) is 0 Å². The molecular formula is C15H22FNO3. The Bertz CT molecular complexity index is 451. The standard InChI is InChI=1S/C15H22FNO3/c1-3-8-17-13(6-7-14(18)19)15(20)11-4-5-12(16)10(2)9-11/h4-5,9,13,15,17,20H,3,6-8H2,1-2H3,(H,18,19). The Hall–Kier alpha value is -1.46. The zero-order chi connectivity index (χ0) is 15.1. The van der Waals surface area contributed by atoms with Gasteiger partial charge in [-0.15, -0.1) is 0 Å². The average molecular weight is 283 g/mol. The van der Waals surface area contributed by atoms with Crippen LogP contribution in [0.2, 0.25) is 0 Å². The predicted molar refractivity (Wildman–Crippen MR) is 75.0 cm³/mol.